The molecule has 0 N–H and O–H groups in total. The maximum Gasteiger partial charge on any atom is 0.306 e. The van der Waals surface area contributed by atoms with Gasteiger partial charge in [0.2, 0.25) is 0 Å². The second-order valence-electron chi connectivity index (χ2n) is 18.5. The van der Waals surface area contributed by atoms with Gasteiger partial charge in [0.1, 0.15) is 13.2 Å². The molecule has 0 aromatic carbocycles. The Labute approximate surface area is 408 Å². The summed E-state index contributed by atoms with van der Waals surface area (Å²) >= 11 is 0. The van der Waals surface area contributed by atoms with Crippen molar-refractivity contribution in [2.24, 2.45) is 0 Å². The monoisotopic (exact) mass is 921 g/mol. The van der Waals surface area contributed by atoms with Crippen LogP contribution < -0.4 is 0 Å². The lowest BCUT2D eigenvalue weighted by atomic mass is 10.0. The Morgan fingerprint density at radius 2 is 0.606 bits per heavy atom. The smallest absolute Gasteiger partial charge is 0.306 e. The number of allylic oxidation sites excluding steroid dienone is 12. The second-order valence-corrected chi connectivity index (χ2v) is 18.5. The molecule has 0 amide bonds. The lowest BCUT2D eigenvalue weighted by Gasteiger charge is -2.18. The number of unbranched alkanes of at least 4 members (excludes halogenated alkanes) is 28. The standard InChI is InChI=1S/C60H104O6/c1-4-7-10-13-16-19-22-25-27-29-30-32-33-35-38-41-44-47-50-53-59(62)65-56-57(55-64-58(61)52-49-46-43-40-37-24-21-18-15-12-9-6-3)66-60(63)54-51-48-45-42-39-36-34-31-28-26-23-20-17-14-11-8-5-2/h16-17,19-20,22,25-26,28,34,36,42,45,57H,4-15,18,21,23-24,27,29-33,35,37-41,43-44,46-56H2,1-3H3/b19-16-,20-17-,25-22-,28-26-,36-34-,45-42-. The zero-order valence-corrected chi connectivity index (χ0v) is 43.4. The summed E-state index contributed by atoms with van der Waals surface area (Å²) in [5.74, 6) is -0.950. The minimum atomic E-state index is -0.803. The summed E-state index contributed by atoms with van der Waals surface area (Å²) in [6, 6.07) is 0. The van der Waals surface area contributed by atoms with E-state index < -0.39 is 6.10 Å². The predicted octanol–water partition coefficient (Wildman–Crippen LogP) is 18.6. The molecule has 1 atom stereocenters. The van der Waals surface area contributed by atoms with Gasteiger partial charge in [-0.25, -0.2) is 0 Å². The Hall–Kier alpha value is -3.15. The van der Waals surface area contributed by atoms with Gasteiger partial charge in [0.15, 0.2) is 6.10 Å². The quantitative estimate of drug-likeness (QED) is 0.0199. The highest BCUT2D eigenvalue weighted by Gasteiger charge is 2.19. The van der Waals surface area contributed by atoms with Gasteiger partial charge in [0.05, 0.1) is 0 Å². The van der Waals surface area contributed by atoms with E-state index in [1.807, 2.05) is 0 Å². The van der Waals surface area contributed by atoms with E-state index in [1.165, 1.54) is 161 Å². The summed E-state index contributed by atoms with van der Waals surface area (Å²) in [5.41, 5.74) is 0. The molecule has 0 fully saturated rings. The van der Waals surface area contributed by atoms with Crippen molar-refractivity contribution in [3.05, 3.63) is 72.9 Å². The number of hydrogen-bond donors (Lipinski definition) is 0. The first-order chi connectivity index (χ1) is 32.5. The Kier molecular flexibility index (Phi) is 51.9. The second kappa shape index (κ2) is 54.5. The summed E-state index contributed by atoms with van der Waals surface area (Å²) in [6.07, 6.45) is 68.9. The van der Waals surface area contributed by atoms with Crippen LogP contribution in [0.25, 0.3) is 0 Å². The van der Waals surface area contributed by atoms with Crippen molar-refractivity contribution in [3.8, 4) is 0 Å². The first kappa shape index (κ1) is 62.8. The Morgan fingerprint density at radius 3 is 1.02 bits per heavy atom. The first-order valence-electron chi connectivity index (χ1n) is 28.0. The average molecular weight is 921 g/mol. The summed E-state index contributed by atoms with van der Waals surface area (Å²) in [7, 11) is 0. The van der Waals surface area contributed by atoms with Gasteiger partial charge in [0, 0.05) is 19.3 Å². The van der Waals surface area contributed by atoms with Gasteiger partial charge < -0.3 is 14.2 Å². The Balaban J connectivity index is 4.43. The largest absolute Gasteiger partial charge is 0.462 e. The number of rotatable bonds is 50. The van der Waals surface area contributed by atoms with E-state index in [4.69, 9.17) is 14.2 Å². The third-order valence-electron chi connectivity index (χ3n) is 12.0. The highest BCUT2D eigenvalue weighted by Crippen LogP contribution is 2.15. The van der Waals surface area contributed by atoms with E-state index in [0.717, 1.165) is 64.2 Å². The Morgan fingerprint density at radius 1 is 0.318 bits per heavy atom. The molecule has 0 aromatic heterocycles. The van der Waals surface area contributed by atoms with Crippen molar-refractivity contribution in [2.45, 2.75) is 277 Å². The summed E-state index contributed by atoms with van der Waals surface area (Å²) in [4.78, 5) is 38.1. The van der Waals surface area contributed by atoms with Crippen molar-refractivity contribution in [3.63, 3.8) is 0 Å². The lowest BCUT2D eigenvalue weighted by Crippen LogP contribution is -2.30. The van der Waals surface area contributed by atoms with Gasteiger partial charge in [-0.05, 0) is 83.5 Å². The fraction of sp³-hybridized carbons (Fsp3) is 0.750. The molecule has 0 rings (SSSR count). The summed E-state index contributed by atoms with van der Waals surface area (Å²) < 4.78 is 16.8. The van der Waals surface area contributed by atoms with Crippen LogP contribution in [0.5, 0.6) is 0 Å². The number of hydrogen-bond acceptors (Lipinski definition) is 6. The maximum absolute atomic E-state index is 12.8. The molecule has 0 aliphatic carbocycles. The van der Waals surface area contributed by atoms with Gasteiger partial charge >= 0.3 is 17.9 Å². The highest BCUT2D eigenvalue weighted by atomic mass is 16.6. The third-order valence-corrected chi connectivity index (χ3v) is 12.0. The van der Waals surface area contributed by atoms with Crippen LogP contribution in [-0.4, -0.2) is 37.2 Å². The van der Waals surface area contributed by atoms with Gasteiger partial charge in [-0.1, -0.05) is 241 Å². The van der Waals surface area contributed by atoms with Gasteiger partial charge in [-0.2, -0.15) is 0 Å². The minimum absolute atomic E-state index is 0.0960. The molecule has 0 aliphatic rings. The van der Waals surface area contributed by atoms with Gasteiger partial charge in [-0.15, -0.1) is 0 Å². The van der Waals surface area contributed by atoms with Crippen LogP contribution in [0.4, 0.5) is 0 Å². The molecule has 0 aromatic rings. The van der Waals surface area contributed by atoms with E-state index in [9.17, 15) is 14.4 Å². The molecule has 0 aliphatic heterocycles. The molecule has 380 valence electrons. The van der Waals surface area contributed by atoms with E-state index in [0.29, 0.717) is 19.3 Å². The van der Waals surface area contributed by atoms with Crippen molar-refractivity contribution >= 4 is 17.9 Å². The van der Waals surface area contributed by atoms with E-state index >= 15 is 0 Å². The van der Waals surface area contributed by atoms with E-state index in [1.54, 1.807) is 0 Å². The molecule has 1 unspecified atom stereocenters. The SMILES string of the molecule is CCCCC/C=C\C=C/CCCCCCCCCCCCC(=O)OCC(COC(=O)CCCCCCCCCCCCCC)OC(=O)CCC/C=C\C/C=C\C/C=C\C/C=C\CCCCC. The summed E-state index contributed by atoms with van der Waals surface area (Å²) in [6.45, 7) is 6.55. The zero-order chi connectivity index (χ0) is 47.9. The third kappa shape index (κ3) is 51.8. The van der Waals surface area contributed by atoms with Crippen LogP contribution in [0, 0.1) is 0 Å². The summed E-state index contributed by atoms with van der Waals surface area (Å²) in [5, 5.41) is 0. The topological polar surface area (TPSA) is 78.9 Å². The molecular weight excluding hydrogens is 817 g/mol. The molecule has 0 saturated heterocycles. The molecule has 0 spiro atoms. The molecule has 0 bridgehead atoms. The molecule has 0 saturated carbocycles. The van der Waals surface area contributed by atoms with Crippen LogP contribution in [0.3, 0.4) is 0 Å². The fourth-order valence-electron chi connectivity index (χ4n) is 7.72. The van der Waals surface area contributed by atoms with Crippen molar-refractivity contribution in [2.75, 3.05) is 13.2 Å². The average Bonchev–Trinajstić information content (AvgIpc) is 3.31. The maximum atomic E-state index is 12.8. The predicted molar refractivity (Wildman–Crippen MR) is 284 cm³/mol. The fourth-order valence-corrected chi connectivity index (χ4v) is 7.72. The molecule has 6 heteroatoms. The molecule has 0 heterocycles. The van der Waals surface area contributed by atoms with Gasteiger partial charge in [-0.3, -0.25) is 14.4 Å². The van der Waals surface area contributed by atoms with Crippen LogP contribution in [0.1, 0.15) is 271 Å². The van der Waals surface area contributed by atoms with E-state index in [2.05, 4.69) is 93.7 Å². The number of ether oxygens (including phenoxy) is 3. The van der Waals surface area contributed by atoms with Gasteiger partial charge in [0.25, 0.3) is 0 Å². The highest BCUT2D eigenvalue weighted by molar-refractivity contribution is 5.71. The lowest BCUT2D eigenvalue weighted by molar-refractivity contribution is -0.167. The van der Waals surface area contributed by atoms with E-state index in [-0.39, 0.29) is 37.5 Å². The Bertz CT molecular complexity index is 1240. The normalized spacial score (nSPS) is 12.6. The molecular formula is C60H104O6. The van der Waals surface area contributed by atoms with Crippen LogP contribution in [0.2, 0.25) is 0 Å². The van der Waals surface area contributed by atoms with Crippen molar-refractivity contribution in [1.82, 2.24) is 0 Å². The van der Waals surface area contributed by atoms with Crippen molar-refractivity contribution < 1.29 is 28.6 Å². The molecule has 6 nitrogen and oxygen atoms in total. The van der Waals surface area contributed by atoms with Crippen LogP contribution in [-0.2, 0) is 28.6 Å². The minimum Gasteiger partial charge on any atom is -0.462 e. The first-order valence-corrected chi connectivity index (χ1v) is 28.0. The van der Waals surface area contributed by atoms with Crippen molar-refractivity contribution in [1.29, 1.82) is 0 Å². The van der Waals surface area contributed by atoms with Crippen LogP contribution >= 0.6 is 0 Å². The zero-order valence-electron chi connectivity index (χ0n) is 43.4. The molecule has 66 heavy (non-hydrogen) atoms. The number of carbonyl (C=O) groups excluding carboxylic acids is 3. The molecule has 0 radical (unpaired) electrons. The number of carbonyl (C=O) groups is 3. The van der Waals surface area contributed by atoms with Crippen LogP contribution in [0.15, 0.2) is 72.9 Å². The number of esters is 3.